The van der Waals surface area contributed by atoms with Crippen molar-refractivity contribution in [3.05, 3.63) is 83.1 Å². The van der Waals surface area contributed by atoms with E-state index < -0.39 is 0 Å². The summed E-state index contributed by atoms with van der Waals surface area (Å²) in [7, 11) is 1.56. The summed E-state index contributed by atoms with van der Waals surface area (Å²) in [6.07, 6.45) is 4.84. The van der Waals surface area contributed by atoms with Crippen LogP contribution in [0.1, 0.15) is 5.56 Å². The van der Waals surface area contributed by atoms with Crippen molar-refractivity contribution in [1.82, 2.24) is 24.5 Å². The summed E-state index contributed by atoms with van der Waals surface area (Å²) in [6, 6.07) is 11.7. The molecule has 4 aromatic rings. The molecule has 136 valence electrons. The van der Waals surface area contributed by atoms with Gasteiger partial charge in [-0.05, 0) is 18.2 Å². The quantitative estimate of drug-likeness (QED) is 0.590. The van der Waals surface area contributed by atoms with Crippen LogP contribution in [0, 0.1) is 5.82 Å². The number of halogens is 1. The minimum Gasteiger partial charge on any atom is -0.496 e. The monoisotopic (exact) mass is 365 g/mol. The molecule has 0 fully saturated rings. The smallest absolute Gasteiger partial charge is 0.350 e. The summed E-state index contributed by atoms with van der Waals surface area (Å²) in [5.74, 6) is 0.229. The van der Waals surface area contributed by atoms with E-state index in [0.29, 0.717) is 17.0 Å². The number of benzene rings is 2. The van der Waals surface area contributed by atoms with Gasteiger partial charge in [0.2, 0.25) is 0 Å². The van der Waals surface area contributed by atoms with Gasteiger partial charge in [-0.25, -0.2) is 9.18 Å². The van der Waals surface area contributed by atoms with Gasteiger partial charge in [0, 0.05) is 29.0 Å². The Hall–Kier alpha value is -3.68. The summed E-state index contributed by atoms with van der Waals surface area (Å²) in [5, 5.41) is 10.8. The number of aromatic nitrogens is 5. The Morgan fingerprint density at radius 2 is 2.07 bits per heavy atom. The highest BCUT2D eigenvalue weighted by atomic mass is 19.1. The number of hydrogen-bond acceptors (Lipinski definition) is 4. The van der Waals surface area contributed by atoms with Gasteiger partial charge in [-0.3, -0.25) is 9.67 Å². The summed E-state index contributed by atoms with van der Waals surface area (Å²) in [4.78, 5) is 12.7. The molecule has 2 aromatic heterocycles. The molecule has 2 aromatic carbocycles. The molecule has 0 aliphatic rings. The van der Waals surface area contributed by atoms with Gasteiger partial charge >= 0.3 is 5.69 Å². The van der Waals surface area contributed by atoms with E-state index in [4.69, 9.17) is 4.74 Å². The van der Waals surface area contributed by atoms with Crippen molar-refractivity contribution in [2.45, 2.75) is 6.54 Å². The van der Waals surface area contributed by atoms with Crippen molar-refractivity contribution in [1.29, 1.82) is 0 Å². The van der Waals surface area contributed by atoms with Crippen LogP contribution in [0.4, 0.5) is 4.39 Å². The van der Waals surface area contributed by atoms with E-state index >= 15 is 0 Å². The number of H-pyrrole nitrogens is 1. The lowest BCUT2D eigenvalue weighted by atomic mass is 10.1. The van der Waals surface area contributed by atoms with Crippen LogP contribution >= 0.6 is 0 Å². The van der Waals surface area contributed by atoms with Crippen LogP contribution in [0.3, 0.4) is 0 Å². The first kappa shape index (κ1) is 16.8. The molecule has 4 rings (SSSR count). The van der Waals surface area contributed by atoms with Gasteiger partial charge in [0.05, 0.1) is 25.5 Å². The first-order valence-electron chi connectivity index (χ1n) is 8.23. The lowest BCUT2D eigenvalue weighted by Crippen LogP contribution is -2.24. The van der Waals surface area contributed by atoms with Crippen molar-refractivity contribution in [3.8, 4) is 22.6 Å². The fourth-order valence-corrected chi connectivity index (χ4v) is 2.88. The van der Waals surface area contributed by atoms with Crippen LogP contribution in [0.25, 0.3) is 16.8 Å². The third-order valence-corrected chi connectivity index (χ3v) is 4.27. The van der Waals surface area contributed by atoms with Crippen LogP contribution in [0.2, 0.25) is 0 Å². The predicted octanol–water partition coefficient (Wildman–Crippen LogP) is 2.62. The molecule has 0 radical (unpaired) electrons. The predicted molar refractivity (Wildman–Crippen MR) is 97.5 cm³/mol. The van der Waals surface area contributed by atoms with Crippen LogP contribution in [-0.4, -0.2) is 31.7 Å². The molecule has 2 heterocycles. The zero-order valence-electron chi connectivity index (χ0n) is 14.5. The van der Waals surface area contributed by atoms with Gasteiger partial charge in [0.1, 0.15) is 17.9 Å². The second kappa shape index (κ2) is 6.91. The molecule has 0 atom stereocenters. The van der Waals surface area contributed by atoms with Crippen molar-refractivity contribution >= 4 is 0 Å². The number of ether oxygens (including phenoxy) is 1. The van der Waals surface area contributed by atoms with Gasteiger partial charge < -0.3 is 4.74 Å². The van der Waals surface area contributed by atoms with E-state index in [9.17, 15) is 9.18 Å². The highest BCUT2D eigenvalue weighted by Gasteiger charge is 2.13. The Morgan fingerprint density at radius 3 is 2.81 bits per heavy atom. The Labute approximate surface area is 153 Å². The lowest BCUT2D eigenvalue weighted by Gasteiger charge is -2.09. The average Bonchev–Trinajstić information content (AvgIpc) is 3.34. The topological polar surface area (TPSA) is 77.7 Å². The number of methoxy groups -OCH3 is 1. The minimum atomic E-state index is -0.364. The fraction of sp³-hybridized carbons (Fsp3) is 0.105. The molecule has 0 saturated carbocycles. The molecule has 0 aliphatic carbocycles. The third kappa shape index (κ3) is 3.12. The van der Waals surface area contributed by atoms with Gasteiger partial charge in [-0.2, -0.15) is 14.9 Å². The molecule has 1 N–H and O–H groups in total. The van der Waals surface area contributed by atoms with Crippen molar-refractivity contribution in [2.75, 3.05) is 7.11 Å². The van der Waals surface area contributed by atoms with Crippen LogP contribution in [-0.2, 0) is 6.54 Å². The standard InChI is InChI=1S/C19H16FN5O2/c1-27-18-8-15(6-7-16(18)14-9-21-22-10-14)25-19(26)24(12-23-25)11-13-4-2-3-5-17(13)20/h2-10,12H,11H2,1H3,(H,21,22). The fourth-order valence-electron chi connectivity index (χ4n) is 2.88. The molecule has 27 heavy (non-hydrogen) atoms. The van der Waals surface area contributed by atoms with E-state index in [1.807, 2.05) is 6.07 Å². The van der Waals surface area contributed by atoms with Gasteiger partial charge in [0.25, 0.3) is 0 Å². The van der Waals surface area contributed by atoms with Crippen molar-refractivity contribution < 1.29 is 9.13 Å². The largest absolute Gasteiger partial charge is 0.496 e. The number of hydrogen-bond donors (Lipinski definition) is 1. The SMILES string of the molecule is COc1cc(-n2ncn(Cc3ccccc3F)c2=O)ccc1-c1cn[nH]c1. The first-order chi connectivity index (χ1) is 13.2. The summed E-state index contributed by atoms with van der Waals surface area (Å²) >= 11 is 0. The number of nitrogens with zero attached hydrogens (tertiary/aromatic N) is 4. The third-order valence-electron chi connectivity index (χ3n) is 4.27. The lowest BCUT2D eigenvalue weighted by molar-refractivity contribution is 0.416. The number of nitrogens with one attached hydrogen (secondary N) is 1. The molecule has 0 saturated heterocycles. The zero-order valence-corrected chi connectivity index (χ0v) is 14.5. The molecule has 0 unspecified atom stereocenters. The Bertz CT molecular complexity index is 1130. The van der Waals surface area contributed by atoms with Crippen LogP contribution in [0.5, 0.6) is 5.75 Å². The molecule has 0 spiro atoms. The van der Waals surface area contributed by atoms with Crippen LogP contribution in [0.15, 0.2) is 66.0 Å². The maximum atomic E-state index is 13.8. The number of rotatable bonds is 5. The van der Waals surface area contributed by atoms with E-state index in [1.54, 1.807) is 49.8 Å². The molecule has 8 heteroatoms. The van der Waals surface area contributed by atoms with Gasteiger partial charge in [-0.15, -0.1) is 0 Å². The zero-order chi connectivity index (χ0) is 18.8. The summed E-state index contributed by atoms with van der Waals surface area (Å²) in [6.45, 7) is 0.107. The van der Waals surface area contributed by atoms with E-state index in [1.165, 1.54) is 21.6 Å². The molecule has 0 amide bonds. The molecule has 7 nitrogen and oxygen atoms in total. The second-order valence-electron chi connectivity index (χ2n) is 5.92. The Kier molecular flexibility index (Phi) is 4.29. The van der Waals surface area contributed by atoms with Crippen molar-refractivity contribution in [2.24, 2.45) is 0 Å². The van der Waals surface area contributed by atoms with E-state index in [0.717, 1.165) is 11.1 Å². The summed E-state index contributed by atoms with van der Waals surface area (Å²) < 4.78 is 21.9. The Balaban J connectivity index is 1.69. The van der Waals surface area contributed by atoms with Gasteiger partial charge in [-0.1, -0.05) is 18.2 Å². The normalized spacial score (nSPS) is 10.9. The minimum absolute atomic E-state index is 0.107. The van der Waals surface area contributed by atoms with E-state index in [-0.39, 0.29) is 18.1 Å². The maximum Gasteiger partial charge on any atom is 0.350 e. The molecule has 0 bridgehead atoms. The highest BCUT2D eigenvalue weighted by molar-refractivity contribution is 5.70. The average molecular weight is 365 g/mol. The van der Waals surface area contributed by atoms with Gasteiger partial charge in [0.15, 0.2) is 0 Å². The van der Waals surface area contributed by atoms with Crippen molar-refractivity contribution in [3.63, 3.8) is 0 Å². The van der Waals surface area contributed by atoms with E-state index in [2.05, 4.69) is 15.3 Å². The van der Waals surface area contributed by atoms with Crippen LogP contribution < -0.4 is 10.4 Å². The molecule has 0 aliphatic heterocycles. The second-order valence-corrected chi connectivity index (χ2v) is 5.92. The number of aromatic amines is 1. The summed E-state index contributed by atoms with van der Waals surface area (Å²) in [5.41, 5.74) is 2.32. The molecular weight excluding hydrogens is 349 g/mol. The maximum absolute atomic E-state index is 13.8. The Morgan fingerprint density at radius 1 is 1.22 bits per heavy atom. The molecular formula is C19H16FN5O2. The highest BCUT2D eigenvalue weighted by Crippen LogP contribution is 2.30. The first-order valence-corrected chi connectivity index (χ1v) is 8.23.